The predicted octanol–water partition coefficient (Wildman–Crippen LogP) is 3.27. The molecule has 1 aliphatic rings. The molecule has 0 aromatic heterocycles. The normalized spacial score (nSPS) is 17.2. The van der Waals surface area contributed by atoms with Crippen LogP contribution in [0.15, 0.2) is 70.5 Å². The molecule has 1 aromatic rings. The minimum Gasteiger partial charge on any atom is -0.372 e. The summed E-state index contributed by atoms with van der Waals surface area (Å²) in [5.41, 5.74) is 0.845. The summed E-state index contributed by atoms with van der Waals surface area (Å²) in [6, 6.07) is 8.48. The lowest BCUT2D eigenvalue weighted by atomic mass is 10.2. The second-order valence-electron chi connectivity index (χ2n) is 4.51. The molecule has 0 amide bonds. The first-order valence-electron chi connectivity index (χ1n) is 6.53. The Morgan fingerprint density at radius 2 is 2.05 bits per heavy atom. The minimum atomic E-state index is -3.50. The lowest BCUT2D eigenvalue weighted by molar-refractivity contribution is 0.190. The van der Waals surface area contributed by atoms with Crippen LogP contribution in [-0.2, 0) is 14.6 Å². The molecule has 0 unspecified atom stereocenters. The Hall–Kier alpha value is -1.65. The number of hydrogen-bond donors (Lipinski definition) is 0. The van der Waals surface area contributed by atoms with Crippen LogP contribution in [0.3, 0.4) is 0 Å². The lowest BCUT2D eigenvalue weighted by Gasteiger charge is -2.12. The molecule has 4 heteroatoms. The molecule has 0 saturated carbocycles. The van der Waals surface area contributed by atoms with E-state index in [1.165, 1.54) is 0 Å². The van der Waals surface area contributed by atoms with Crippen molar-refractivity contribution >= 4 is 9.84 Å². The molecular formula is C16H18O3S. The Kier molecular flexibility index (Phi) is 4.93. The van der Waals surface area contributed by atoms with E-state index in [9.17, 15) is 8.42 Å². The summed E-state index contributed by atoms with van der Waals surface area (Å²) in [4.78, 5) is 0.671. The van der Waals surface area contributed by atoms with Crippen LogP contribution in [0.25, 0.3) is 0 Å². The van der Waals surface area contributed by atoms with E-state index in [1.807, 2.05) is 12.2 Å². The minimum absolute atomic E-state index is 0.0862. The maximum atomic E-state index is 12.7. The van der Waals surface area contributed by atoms with Crippen molar-refractivity contribution in [2.75, 3.05) is 13.2 Å². The Bertz CT molecular complexity index is 625. The van der Waals surface area contributed by atoms with Gasteiger partial charge in [-0.2, -0.15) is 0 Å². The molecule has 1 aromatic carbocycles. The molecule has 0 aliphatic heterocycles. The molecule has 3 nitrogen and oxygen atoms in total. The molecule has 106 valence electrons. The fraction of sp³-hybridized carbons (Fsp3) is 0.250. The third kappa shape index (κ3) is 3.26. The summed E-state index contributed by atoms with van der Waals surface area (Å²) in [6.45, 7) is 4.00. The zero-order chi connectivity index (χ0) is 14.4. The van der Waals surface area contributed by atoms with Crippen LogP contribution < -0.4 is 0 Å². The van der Waals surface area contributed by atoms with Crippen molar-refractivity contribution in [3.63, 3.8) is 0 Å². The number of hydrogen-bond acceptors (Lipinski definition) is 3. The van der Waals surface area contributed by atoms with Crippen molar-refractivity contribution in [1.29, 1.82) is 0 Å². The highest BCUT2D eigenvalue weighted by Crippen LogP contribution is 2.28. The zero-order valence-corrected chi connectivity index (χ0v) is 12.1. The van der Waals surface area contributed by atoms with Gasteiger partial charge in [-0.25, -0.2) is 8.42 Å². The Morgan fingerprint density at radius 3 is 2.65 bits per heavy atom. The molecule has 0 spiro atoms. The molecule has 0 bridgehead atoms. The van der Waals surface area contributed by atoms with Gasteiger partial charge >= 0.3 is 0 Å². The first-order valence-corrected chi connectivity index (χ1v) is 8.02. The largest absolute Gasteiger partial charge is 0.372 e. The highest BCUT2D eigenvalue weighted by Gasteiger charge is 2.24. The molecule has 0 saturated heterocycles. The molecule has 0 N–H and O–H groups in total. The molecule has 20 heavy (non-hydrogen) atoms. The Labute approximate surface area is 120 Å². The van der Waals surface area contributed by atoms with Gasteiger partial charge in [-0.15, -0.1) is 6.58 Å². The molecule has 0 atom stereocenters. The smallest absolute Gasteiger partial charge is 0.205 e. The van der Waals surface area contributed by atoms with Gasteiger partial charge in [-0.1, -0.05) is 36.4 Å². The summed E-state index contributed by atoms with van der Waals surface area (Å²) in [5.74, 6) is 0. The lowest BCUT2D eigenvalue weighted by Crippen LogP contribution is -2.13. The molecule has 2 rings (SSSR count). The highest BCUT2D eigenvalue weighted by atomic mass is 32.2. The van der Waals surface area contributed by atoms with Crippen LogP contribution in [0, 0.1) is 0 Å². The number of sulfone groups is 1. The van der Waals surface area contributed by atoms with E-state index in [-0.39, 0.29) is 6.61 Å². The summed E-state index contributed by atoms with van der Waals surface area (Å²) < 4.78 is 30.8. The van der Waals surface area contributed by atoms with Gasteiger partial charge in [-0.05, 0) is 30.5 Å². The van der Waals surface area contributed by atoms with Gasteiger partial charge in [-0.3, -0.25) is 0 Å². The summed E-state index contributed by atoms with van der Waals surface area (Å²) in [6.07, 6.45) is 7.11. The van der Waals surface area contributed by atoms with Crippen LogP contribution in [0.5, 0.6) is 0 Å². The van der Waals surface area contributed by atoms with Gasteiger partial charge in [0.2, 0.25) is 9.84 Å². The van der Waals surface area contributed by atoms with Crippen LogP contribution in [0.4, 0.5) is 0 Å². The third-order valence-corrected chi connectivity index (χ3v) is 5.03. The highest BCUT2D eigenvalue weighted by molar-refractivity contribution is 7.95. The van der Waals surface area contributed by atoms with Crippen LogP contribution in [0.1, 0.15) is 12.8 Å². The average molecular weight is 290 g/mol. The van der Waals surface area contributed by atoms with Gasteiger partial charge in [0.25, 0.3) is 0 Å². The van der Waals surface area contributed by atoms with E-state index in [4.69, 9.17) is 4.74 Å². The molecular weight excluding hydrogens is 272 g/mol. The van der Waals surface area contributed by atoms with E-state index >= 15 is 0 Å². The van der Waals surface area contributed by atoms with Crippen molar-refractivity contribution < 1.29 is 13.2 Å². The van der Waals surface area contributed by atoms with E-state index in [2.05, 4.69) is 6.58 Å². The summed E-state index contributed by atoms with van der Waals surface area (Å²) in [5, 5.41) is 0. The van der Waals surface area contributed by atoms with Crippen molar-refractivity contribution in [1.82, 2.24) is 0 Å². The Morgan fingerprint density at radius 1 is 1.30 bits per heavy atom. The SMILES string of the molecule is C=CCOC/C(=C1/C=CCC1)S(=O)(=O)c1ccccc1. The monoisotopic (exact) mass is 290 g/mol. The second-order valence-corrected chi connectivity index (χ2v) is 6.48. The number of benzene rings is 1. The molecule has 1 aliphatic carbocycles. The predicted molar refractivity (Wildman–Crippen MR) is 80.0 cm³/mol. The van der Waals surface area contributed by atoms with Crippen LogP contribution in [0.2, 0.25) is 0 Å². The number of ether oxygens (including phenoxy) is 1. The van der Waals surface area contributed by atoms with Gasteiger partial charge in [0.15, 0.2) is 0 Å². The Balaban J connectivity index is 2.38. The van der Waals surface area contributed by atoms with E-state index in [0.29, 0.717) is 16.4 Å². The second kappa shape index (κ2) is 6.68. The zero-order valence-electron chi connectivity index (χ0n) is 11.3. The summed E-state index contributed by atoms with van der Waals surface area (Å²) >= 11 is 0. The number of rotatable bonds is 6. The van der Waals surface area contributed by atoms with Crippen LogP contribution in [-0.4, -0.2) is 21.6 Å². The summed E-state index contributed by atoms with van der Waals surface area (Å²) in [7, 11) is -3.50. The van der Waals surface area contributed by atoms with Gasteiger partial charge < -0.3 is 4.74 Å². The average Bonchev–Trinajstić information content (AvgIpc) is 2.98. The van der Waals surface area contributed by atoms with E-state index in [0.717, 1.165) is 18.4 Å². The maximum Gasteiger partial charge on any atom is 0.205 e. The maximum absolute atomic E-state index is 12.7. The van der Waals surface area contributed by atoms with Gasteiger partial charge in [0.05, 0.1) is 23.0 Å². The first kappa shape index (κ1) is 14.8. The fourth-order valence-corrected chi connectivity index (χ4v) is 3.65. The third-order valence-electron chi connectivity index (χ3n) is 3.10. The van der Waals surface area contributed by atoms with Crippen molar-refractivity contribution in [3.05, 3.63) is 65.6 Å². The first-order chi connectivity index (χ1) is 9.66. The van der Waals surface area contributed by atoms with Crippen LogP contribution >= 0.6 is 0 Å². The van der Waals surface area contributed by atoms with Gasteiger partial charge in [0.1, 0.15) is 0 Å². The van der Waals surface area contributed by atoms with Crippen molar-refractivity contribution in [3.8, 4) is 0 Å². The van der Waals surface area contributed by atoms with Gasteiger partial charge in [0, 0.05) is 0 Å². The van der Waals surface area contributed by atoms with E-state index in [1.54, 1.807) is 36.4 Å². The number of allylic oxidation sites excluding steroid dienone is 3. The molecule has 0 fully saturated rings. The van der Waals surface area contributed by atoms with E-state index < -0.39 is 9.84 Å². The molecule has 0 heterocycles. The molecule has 0 radical (unpaired) electrons. The quantitative estimate of drug-likeness (QED) is 0.596. The standard InChI is InChI=1S/C16H18O3S/c1-2-12-19-13-16(14-8-6-7-9-14)20(17,18)15-10-4-3-5-11-15/h2-6,8,10-11H,1,7,9,12-13H2/b16-14+. The topological polar surface area (TPSA) is 43.4 Å². The van der Waals surface area contributed by atoms with Crippen molar-refractivity contribution in [2.45, 2.75) is 17.7 Å². The fourth-order valence-electron chi connectivity index (χ4n) is 2.10. The van der Waals surface area contributed by atoms with Crippen molar-refractivity contribution in [2.24, 2.45) is 0 Å².